The van der Waals surface area contributed by atoms with Gasteiger partial charge in [-0.2, -0.15) is 8.42 Å². The Morgan fingerprint density at radius 2 is 1.86 bits per heavy atom. The Kier molecular flexibility index (Phi) is 3.18. The number of nitrogens with one attached hydrogen (secondary N) is 1. The molecule has 0 fully saturated rings. The van der Waals surface area contributed by atoms with Crippen LogP contribution in [0, 0.1) is 17.0 Å². The number of nitro benzene ring substituents is 1. The van der Waals surface area contributed by atoms with Gasteiger partial charge in [0.25, 0.3) is 15.7 Å². The summed E-state index contributed by atoms with van der Waals surface area (Å²) in [6.07, 6.45) is 0. The highest BCUT2D eigenvalue weighted by molar-refractivity contribution is 7.90. The molecule has 1 N–H and O–H groups in total. The molecule has 112 valence electrons. The maximum Gasteiger partial charge on any atom is 0.292 e. The normalized spacial score (nSPS) is 15.0. The second-order valence-corrected chi connectivity index (χ2v) is 6.33. The number of para-hydroxylation sites is 1. The van der Waals surface area contributed by atoms with E-state index < -0.39 is 14.9 Å². The molecule has 0 aromatic heterocycles. The van der Waals surface area contributed by atoms with Crippen LogP contribution in [0.1, 0.15) is 11.1 Å². The summed E-state index contributed by atoms with van der Waals surface area (Å²) in [5.74, 6) is 0.0907. The number of nitro groups is 1. The number of benzene rings is 2. The third-order valence-corrected chi connectivity index (χ3v) is 4.66. The first-order chi connectivity index (χ1) is 10.4. The summed E-state index contributed by atoms with van der Waals surface area (Å²) in [5.41, 5.74) is 1.13. The summed E-state index contributed by atoms with van der Waals surface area (Å²) < 4.78 is 27.7. The summed E-state index contributed by atoms with van der Waals surface area (Å²) in [4.78, 5) is 10.7. The number of anilines is 1. The van der Waals surface area contributed by atoms with Gasteiger partial charge in [0, 0.05) is 11.6 Å². The summed E-state index contributed by atoms with van der Waals surface area (Å²) in [5, 5.41) is 13.9. The molecule has 8 heteroatoms. The molecule has 1 aliphatic heterocycles. The van der Waals surface area contributed by atoms with E-state index in [1.165, 1.54) is 12.1 Å². The van der Waals surface area contributed by atoms with E-state index in [4.69, 9.17) is 0 Å². The van der Waals surface area contributed by atoms with E-state index in [2.05, 4.69) is 9.71 Å². The molecule has 0 spiro atoms. The maximum atomic E-state index is 12.0. The molecule has 1 aliphatic rings. The molecule has 22 heavy (non-hydrogen) atoms. The number of sulfonamides is 1. The lowest BCUT2D eigenvalue weighted by atomic mass is 10.1. The van der Waals surface area contributed by atoms with Crippen molar-refractivity contribution in [3.05, 3.63) is 63.7 Å². The van der Waals surface area contributed by atoms with Crippen LogP contribution in [0.2, 0.25) is 0 Å². The molecule has 0 saturated carbocycles. The van der Waals surface area contributed by atoms with Gasteiger partial charge in [-0.15, -0.1) is 4.40 Å². The van der Waals surface area contributed by atoms with Crippen molar-refractivity contribution in [2.75, 3.05) is 5.32 Å². The smallest absolute Gasteiger partial charge is 0.292 e. The van der Waals surface area contributed by atoms with Gasteiger partial charge in [0.05, 0.1) is 4.92 Å². The Morgan fingerprint density at radius 3 is 2.59 bits per heavy atom. The van der Waals surface area contributed by atoms with Gasteiger partial charge in [-0.3, -0.25) is 10.1 Å². The summed E-state index contributed by atoms with van der Waals surface area (Å²) >= 11 is 0. The van der Waals surface area contributed by atoms with Crippen LogP contribution in [-0.4, -0.2) is 19.2 Å². The quantitative estimate of drug-likeness (QED) is 0.677. The number of aryl methyl sites for hydroxylation is 1. The number of fused-ring (bicyclic) bond motifs is 1. The molecule has 0 saturated heterocycles. The van der Waals surface area contributed by atoms with Crippen LogP contribution in [0.5, 0.6) is 0 Å². The van der Waals surface area contributed by atoms with Gasteiger partial charge in [-0.05, 0) is 24.6 Å². The topological polar surface area (TPSA) is 102 Å². The van der Waals surface area contributed by atoms with Gasteiger partial charge in [0.2, 0.25) is 0 Å². The maximum absolute atomic E-state index is 12.0. The fourth-order valence-corrected chi connectivity index (χ4v) is 3.46. The van der Waals surface area contributed by atoms with Crippen LogP contribution < -0.4 is 5.32 Å². The zero-order valence-electron chi connectivity index (χ0n) is 11.5. The predicted octanol–water partition coefficient (Wildman–Crippen LogP) is 2.46. The fourth-order valence-electron chi connectivity index (χ4n) is 2.28. The second-order valence-electron chi connectivity index (χ2n) is 4.76. The van der Waals surface area contributed by atoms with E-state index in [0.29, 0.717) is 11.1 Å². The highest BCUT2D eigenvalue weighted by Crippen LogP contribution is 2.31. The Bertz CT molecular complexity index is 919. The lowest BCUT2D eigenvalue weighted by Gasteiger charge is -2.09. The molecule has 0 aliphatic carbocycles. The minimum Gasteiger partial charge on any atom is -0.333 e. The van der Waals surface area contributed by atoms with E-state index in [9.17, 15) is 18.5 Å². The van der Waals surface area contributed by atoms with Crippen LogP contribution in [0.3, 0.4) is 0 Å². The molecular weight excluding hydrogens is 306 g/mol. The van der Waals surface area contributed by atoms with E-state index in [0.717, 1.165) is 0 Å². The monoisotopic (exact) mass is 317 g/mol. The van der Waals surface area contributed by atoms with Crippen molar-refractivity contribution in [1.82, 2.24) is 0 Å². The van der Waals surface area contributed by atoms with E-state index in [1.807, 2.05) is 0 Å². The first-order valence-corrected chi connectivity index (χ1v) is 7.79. The van der Waals surface area contributed by atoms with Gasteiger partial charge in [-0.25, -0.2) is 0 Å². The number of nitrogens with zero attached hydrogens (tertiary/aromatic N) is 2. The largest absolute Gasteiger partial charge is 0.333 e. The van der Waals surface area contributed by atoms with E-state index in [1.54, 1.807) is 37.3 Å². The number of rotatable bonds is 2. The van der Waals surface area contributed by atoms with Crippen LogP contribution in [0.4, 0.5) is 11.4 Å². The van der Waals surface area contributed by atoms with Crippen molar-refractivity contribution >= 4 is 27.2 Å². The molecule has 0 atom stereocenters. The molecule has 1 heterocycles. The third-order valence-electron chi connectivity index (χ3n) is 3.32. The van der Waals surface area contributed by atoms with Crippen molar-refractivity contribution in [3.63, 3.8) is 0 Å². The van der Waals surface area contributed by atoms with Crippen molar-refractivity contribution in [1.29, 1.82) is 0 Å². The molecule has 0 bridgehead atoms. The average Bonchev–Trinajstić information content (AvgIpc) is 2.73. The number of amidine groups is 1. The van der Waals surface area contributed by atoms with Crippen molar-refractivity contribution in [2.45, 2.75) is 11.8 Å². The fraction of sp³-hybridized carbons (Fsp3) is 0.0714. The second kappa shape index (κ2) is 4.92. The van der Waals surface area contributed by atoms with E-state index in [-0.39, 0.29) is 22.1 Å². The van der Waals surface area contributed by atoms with E-state index >= 15 is 0 Å². The average molecular weight is 317 g/mol. The molecule has 7 nitrogen and oxygen atoms in total. The standard InChI is InChI=1S/C14H11N3O4S/c1-9-5-4-7-11(17(18)19)13(9)15-14-10-6-2-3-8-12(10)22(20,21)16-14/h2-8H,1H3,(H,15,16). The van der Waals surface area contributed by atoms with Gasteiger partial charge < -0.3 is 5.32 Å². The highest BCUT2D eigenvalue weighted by atomic mass is 32.2. The Labute approximate surface area is 126 Å². The third kappa shape index (κ3) is 2.23. The Balaban J connectivity index is 2.12. The molecule has 2 aromatic carbocycles. The van der Waals surface area contributed by atoms with Crippen LogP contribution in [0.25, 0.3) is 0 Å². The summed E-state index contributed by atoms with van der Waals surface area (Å²) in [6, 6.07) is 11.0. The van der Waals surface area contributed by atoms with Crippen LogP contribution in [-0.2, 0) is 10.0 Å². The Morgan fingerprint density at radius 1 is 1.14 bits per heavy atom. The van der Waals surface area contributed by atoms with Crippen LogP contribution >= 0.6 is 0 Å². The number of hydrogen-bond donors (Lipinski definition) is 1. The molecular formula is C14H11N3O4S. The Hall–Kier alpha value is -2.74. The van der Waals surface area contributed by atoms with Gasteiger partial charge in [0.15, 0.2) is 5.84 Å². The molecule has 0 unspecified atom stereocenters. The lowest BCUT2D eigenvalue weighted by molar-refractivity contribution is -0.383. The zero-order chi connectivity index (χ0) is 15.9. The van der Waals surface area contributed by atoms with Crippen LogP contribution in [0.15, 0.2) is 51.8 Å². The van der Waals surface area contributed by atoms with Crippen molar-refractivity contribution in [2.24, 2.45) is 4.40 Å². The zero-order valence-corrected chi connectivity index (χ0v) is 12.3. The lowest BCUT2D eigenvalue weighted by Crippen LogP contribution is -2.13. The minimum atomic E-state index is -3.77. The minimum absolute atomic E-state index is 0.0907. The SMILES string of the molecule is Cc1cccc([N+](=O)[O-])c1NC1=NS(=O)(=O)c2ccccc21. The first kappa shape index (κ1) is 14.2. The summed E-state index contributed by atoms with van der Waals surface area (Å²) in [6.45, 7) is 1.70. The predicted molar refractivity (Wildman–Crippen MR) is 81.6 cm³/mol. The molecule has 0 amide bonds. The van der Waals surface area contributed by atoms with Gasteiger partial charge in [-0.1, -0.05) is 24.3 Å². The van der Waals surface area contributed by atoms with Gasteiger partial charge >= 0.3 is 0 Å². The summed E-state index contributed by atoms with van der Waals surface area (Å²) in [7, 11) is -3.77. The van der Waals surface area contributed by atoms with Crippen molar-refractivity contribution in [3.8, 4) is 0 Å². The molecule has 3 rings (SSSR count). The first-order valence-electron chi connectivity index (χ1n) is 6.35. The molecule has 2 aromatic rings. The van der Waals surface area contributed by atoms with Crippen molar-refractivity contribution < 1.29 is 13.3 Å². The molecule has 0 radical (unpaired) electrons. The number of hydrogen-bond acceptors (Lipinski definition) is 5. The van der Waals surface area contributed by atoms with Gasteiger partial charge in [0.1, 0.15) is 10.6 Å². The highest BCUT2D eigenvalue weighted by Gasteiger charge is 2.30.